The molecule has 0 spiro atoms. The number of hydrogen-bond donors (Lipinski definition) is 1. The Morgan fingerprint density at radius 1 is 1.00 bits per heavy atom. The Kier molecular flexibility index (Phi) is 6.90. The van der Waals surface area contributed by atoms with Gasteiger partial charge in [0.25, 0.3) is 0 Å². The lowest BCUT2D eigenvalue weighted by atomic mass is 10.2. The molecule has 2 aliphatic heterocycles. The number of hydrogen-bond acceptors (Lipinski definition) is 6. The molecule has 2 amide bonds. The number of ether oxygens (including phenoxy) is 1. The Morgan fingerprint density at radius 2 is 1.75 bits per heavy atom. The number of nitrogens with zero attached hydrogens (tertiary/aromatic N) is 3. The summed E-state index contributed by atoms with van der Waals surface area (Å²) >= 11 is 0. The number of methoxy groups -OCH3 is 1. The molecule has 1 aliphatic carbocycles. The third-order valence-electron chi connectivity index (χ3n) is 7.14. The SMILES string of the molecule is COc1ccccc1N1CCN(C(=O)CCNS(=O)(=O)c2ccc3c(c2)CCN3C(=O)C2CC2)CC1. The molecule has 9 nitrogen and oxygen atoms in total. The van der Waals surface area contributed by atoms with E-state index in [1.54, 1.807) is 35.1 Å². The predicted molar refractivity (Wildman–Crippen MR) is 137 cm³/mol. The Morgan fingerprint density at radius 3 is 2.47 bits per heavy atom. The van der Waals surface area contributed by atoms with Crippen molar-refractivity contribution in [3.05, 3.63) is 48.0 Å². The normalized spacial score (nSPS) is 17.8. The van der Waals surface area contributed by atoms with Crippen molar-refractivity contribution in [3.63, 3.8) is 0 Å². The van der Waals surface area contributed by atoms with Gasteiger partial charge in [-0.05, 0) is 55.2 Å². The second-order valence-corrected chi connectivity index (χ2v) is 11.3. The monoisotopic (exact) mass is 512 g/mol. The number of benzene rings is 2. The lowest BCUT2D eigenvalue weighted by Gasteiger charge is -2.36. The summed E-state index contributed by atoms with van der Waals surface area (Å²) in [6.07, 6.45) is 2.63. The van der Waals surface area contributed by atoms with E-state index >= 15 is 0 Å². The smallest absolute Gasteiger partial charge is 0.240 e. The van der Waals surface area contributed by atoms with E-state index in [1.165, 1.54) is 0 Å². The molecule has 0 aromatic heterocycles. The van der Waals surface area contributed by atoms with Crippen molar-refractivity contribution in [1.82, 2.24) is 9.62 Å². The van der Waals surface area contributed by atoms with Gasteiger partial charge >= 0.3 is 0 Å². The summed E-state index contributed by atoms with van der Waals surface area (Å²) in [4.78, 5) is 31.1. The number of carbonyl (C=O) groups excluding carboxylic acids is 2. The highest BCUT2D eigenvalue weighted by atomic mass is 32.2. The summed E-state index contributed by atoms with van der Waals surface area (Å²) in [6, 6.07) is 12.7. The van der Waals surface area contributed by atoms with Crippen molar-refractivity contribution in [2.45, 2.75) is 30.6 Å². The van der Waals surface area contributed by atoms with Crippen LogP contribution in [0.3, 0.4) is 0 Å². The fourth-order valence-electron chi connectivity index (χ4n) is 4.95. The lowest BCUT2D eigenvalue weighted by molar-refractivity contribution is -0.131. The first-order chi connectivity index (χ1) is 17.4. The molecule has 1 saturated carbocycles. The summed E-state index contributed by atoms with van der Waals surface area (Å²) in [6.45, 7) is 3.16. The van der Waals surface area contributed by atoms with Crippen LogP contribution in [0.1, 0.15) is 24.8 Å². The fourth-order valence-corrected chi connectivity index (χ4v) is 6.03. The zero-order valence-electron chi connectivity index (χ0n) is 20.5. The van der Waals surface area contributed by atoms with Crippen LogP contribution >= 0.6 is 0 Å². The minimum atomic E-state index is -3.75. The number of carbonyl (C=O) groups is 2. The molecule has 2 aromatic carbocycles. The fraction of sp³-hybridized carbons (Fsp3) is 0.462. The first-order valence-electron chi connectivity index (χ1n) is 12.5. The lowest BCUT2D eigenvalue weighted by Crippen LogP contribution is -2.49. The molecule has 1 saturated heterocycles. The van der Waals surface area contributed by atoms with Crippen LogP contribution in [0.5, 0.6) is 5.75 Å². The van der Waals surface area contributed by atoms with Crippen LogP contribution in [0.25, 0.3) is 0 Å². The highest BCUT2D eigenvalue weighted by molar-refractivity contribution is 7.89. The van der Waals surface area contributed by atoms with Crippen LogP contribution in [-0.2, 0) is 26.0 Å². The van der Waals surface area contributed by atoms with Gasteiger partial charge in [0.2, 0.25) is 21.8 Å². The molecular formula is C26H32N4O5S. The summed E-state index contributed by atoms with van der Waals surface area (Å²) in [5.74, 6) is 1.01. The van der Waals surface area contributed by atoms with E-state index < -0.39 is 10.0 Å². The van der Waals surface area contributed by atoms with Crippen LogP contribution in [0.2, 0.25) is 0 Å². The minimum Gasteiger partial charge on any atom is -0.495 e. The van der Waals surface area contributed by atoms with Crippen molar-refractivity contribution in [1.29, 1.82) is 0 Å². The number of anilines is 2. The van der Waals surface area contributed by atoms with Crippen LogP contribution < -0.4 is 19.3 Å². The topological polar surface area (TPSA) is 99.3 Å². The van der Waals surface area contributed by atoms with Crippen molar-refractivity contribution in [3.8, 4) is 5.75 Å². The average molecular weight is 513 g/mol. The van der Waals surface area contributed by atoms with Gasteiger partial charge in [-0.3, -0.25) is 9.59 Å². The van der Waals surface area contributed by atoms with Gasteiger partial charge in [-0.1, -0.05) is 12.1 Å². The number of rotatable bonds is 8. The first-order valence-corrected chi connectivity index (χ1v) is 14.0. The zero-order chi connectivity index (χ0) is 25.3. The predicted octanol–water partition coefficient (Wildman–Crippen LogP) is 2.01. The molecule has 0 atom stereocenters. The van der Waals surface area contributed by atoms with Crippen LogP contribution in [0.4, 0.5) is 11.4 Å². The van der Waals surface area contributed by atoms with Gasteiger partial charge in [-0.15, -0.1) is 0 Å². The molecule has 2 fully saturated rings. The summed E-state index contributed by atoms with van der Waals surface area (Å²) in [7, 11) is -2.10. The molecule has 5 rings (SSSR count). The Bertz CT molecular complexity index is 1250. The molecule has 0 radical (unpaired) electrons. The van der Waals surface area contributed by atoms with Crippen LogP contribution in [0, 0.1) is 5.92 Å². The van der Waals surface area contributed by atoms with Crippen LogP contribution in [0.15, 0.2) is 47.4 Å². The van der Waals surface area contributed by atoms with Crippen molar-refractivity contribution in [2.75, 3.05) is 56.2 Å². The Labute approximate surface area is 212 Å². The van der Waals surface area contributed by atoms with Gasteiger partial charge in [-0.2, -0.15) is 0 Å². The molecule has 192 valence electrons. The Hall–Kier alpha value is -3.11. The van der Waals surface area contributed by atoms with Crippen molar-refractivity contribution in [2.24, 2.45) is 5.92 Å². The first kappa shape index (κ1) is 24.6. The maximum atomic E-state index is 12.8. The van der Waals surface area contributed by atoms with Crippen molar-refractivity contribution >= 4 is 33.2 Å². The molecule has 2 aromatic rings. The number of sulfonamides is 1. The van der Waals surface area contributed by atoms with E-state index in [2.05, 4.69) is 9.62 Å². The van der Waals surface area contributed by atoms with E-state index in [0.717, 1.165) is 35.5 Å². The molecule has 36 heavy (non-hydrogen) atoms. The van der Waals surface area contributed by atoms with Gasteiger partial charge < -0.3 is 19.4 Å². The zero-order valence-corrected chi connectivity index (χ0v) is 21.3. The van der Waals surface area contributed by atoms with Gasteiger partial charge in [0.15, 0.2) is 0 Å². The number of fused-ring (bicyclic) bond motifs is 1. The standard InChI is InChI=1S/C26H32N4O5S/c1-35-24-5-3-2-4-23(24)28-14-16-29(17-15-28)25(31)10-12-27-36(33,34)21-8-9-22-20(18-21)11-13-30(22)26(32)19-6-7-19/h2-5,8-9,18-19,27H,6-7,10-17H2,1H3. The number of para-hydroxylation sites is 2. The quantitative estimate of drug-likeness (QED) is 0.581. The highest BCUT2D eigenvalue weighted by Crippen LogP contribution is 2.37. The van der Waals surface area contributed by atoms with Gasteiger partial charge in [0.1, 0.15) is 5.75 Å². The Balaban J connectivity index is 1.12. The third kappa shape index (κ3) is 5.05. The third-order valence-corrected chi connectivity index (χ3v) is 8.60. The summed E-state index contributed by atoms with van der Waals surface area (Å²) in [5.41, 5.74) is 2.69. The maximum absolute atomic E-state index is 12.8. The van der Waals surface area contributed by atoms with Crippen molar-refractivity contribution < 1.29 is 22.7 Å². The molecule has 1 N–H and O–H groups in total. The summed E-state index contributed by atoms with van der Waals surface area (Å²) in [5, 5.41) is 0. The van der Waals surface area contributed by atoms with Gasteiger partial charge in [-0.25, -0.2) is 13.1 Å². The number of amides is 2. The molecule has 0 bridgehead atoms. The number of nitrogens with one attached hydrogen (secondary N) is 1. The number of piperazine rings is 1. The second-order valence-electron chi connectivity index (χ2n) is 9.49. The maximum Gasteiger partial charge on any atom is 0.240 e. The average Bonchev–Trinajstić information content (AvgIpc) is 3.67. The van der Waals surface area contributed by atoms with E-state index in [4.69, 9.17) is 4.74 Å². The van der Waals surface area contributed by atoms with Gasteiger partial charge in [0, 0.05) is 57.3 Å². The molecule has 10 heteroatoms. The largest absolute Gasteiger partial charge is 0.495 e. The van der Waals surface area contributed by atoms with Gasteiger partial charge in [0.05, 0.1) is 17.7 Å². The van der Waals surface area contributed by atoms with E-state index in [1.807, 2.05) is 24.3 Å². The van der Waals surface area contributed by atoms with Crippen LogP contribution in [-0.4, -0.2) is 71.5 Å². The minimum absolute atomic E-state index is 0.0390. The molecule has 2 heterocycles. The second kappa shape index (κ2) is 10.1. The summed E-state index contributed by atoms with van der Waals surface area (Å²) < 4.78 is 33.7. The molecule has 0 unspecified atom stereocenters. The highest BCUT2D eigenvalue weighted by Gasteiger charge is 2.36. The molecule has 3 aliphatic rings. The molecular weight excluding hydrogens is 480 g/mol. The van der Waals surface area contributed by atoms with E-state index in [-0.39, 0.29) is 35.6 Å². The van der Waals surface area contributed by atoms with E-state index in [0.29, 0.717) is 39.1 Å². The van der Waals surface area contributed by atoms with E-state index in [9.17, 15) is 18.0 Å².